The molecule has 108 valence electrons. The van der Waals surface area contributed by atoms with Crippen LogP contribution in [0.4, 0.5) is 5.82 Å². The molecular formula is C11H15N5O3S. The highest BCUT2D eigenvalue weighted by molar-refractivity contribution is 7.89. The van der Waals surface area contributed by atoms with Crippen molar-refractivity contribution in [3.63, 3.8) is 0 Å². The summed E-state index contributed by atoms with van der Waals surface area (Å²) in [4.78, 5) is 7.75. The van der Waals surface area contributed by atoms with Crippen molar-refractivity contribution < 1.29 is 13.2 Å². The second-order valence-electron chi connectivity index (χ2n) is 4.08. The zero-order chi connectivity index (χ0) is 14.8. The Kier molecular flexibility index (Phi) is 3.91. The number of pyridine rings is 1. The number of rotatable bonds is 5. The monoisotopic (exact) mass is 297 g/mol. The average Bonchev–Trinajstić information content (AvgIpc) is 2.77. The van der Waals surface area contributed by atoms with E-state index in [1.54, 1.807) is 19.2 Å². The molecule has 0 atom stereocenters. The standard InChI is InChI=1S/C11H15N5O3S/c1-16-7-14-10(12)11(16)20(17,18)15-6-8-3-4-9(19-2)13-5-8/h3-5,7,15H,6,12H2,1-2H3. The van der Waals surface area contributed by atoms with E-state index in [-0.39, 0.29) is 17.4 Å². The molecule has 0 saturated heterocycles. The topological polar surface area (TPSA) is 112 Å². The average molecular weight is 297 g/mol. The summed E-state index contributed by atoms with van der Waals surface area (Å²) in [6, 6.07) is 3.38. The highest BCUT2D eigenvalue weighted by Crippen LogP contribution is 2.15. The van der Waals surface area contributed by atoms with Crippen molar-refractivity contribution in [2.24, 2.45) is 7.05 Å². The molecule has 0 aliphatic heterocycles. The Morgan fingerprint density at radius 2 is 2.15 bits per heavy atom. The Balaban J connectivity index is 2.13. The van der Waals surface area contributed by atoms with Gasteiger partial charge in [-0.1, -0.05) is 6.07 Å². The molecule has 0 spiro atoms. The summed E-state index contributed by atoms with van der Waals surface area (Å²) < 4.78 is 33.0. The molecule has 0 fully saturated rings. The van der Waals surface area contributed by atoms with Crippen LogP contribution in [0.25, 0.3) is 0 Å². The first-order chi connectivity index (χ1) is 9.44. The van der Waals surface area contributed by atoms with Gasteiger partial charge in [-0.2, -0.15) is 0 Å². The van der Waals surface area contributed by atoms with Gasteiger partial charge in [-0.25, -0.2) is 23.1 Å². The maximum atomic E-state index is 12.1. The van der Waals surface area contributed by atoms with Crippen molar-refractivity contribution in [3.05, 3.63) is 30.2 Å². The minimum atomic E-state index is -3.73. The van der Waals surface area contributed by atoms with Crippen molar-refractivity contribution >= 4 is 15.8 Å². The van der Waals surface area contributed by atoms with E-state index in [0.717, 1.165) is 0 Å². The second kappa shape index (κ2) is 5.47. The quantitative estimate of drug-likeness (QED) is 0.796. The SMILES string of the molecule is COc1ccc(CNS(=O)(=O)c2c(N)ncn2C)cn1. The minimum Gasteiger partial charge on any atom is -0.481 e. The van der Waals surface area contributed by atoms with Crippen LogP contribution in [0.1, 0.15) is 5.56 Å². The lowest BCUT2D eigenvalue weighted by Gasteiger charge is -2.08. The molecule has 20 heavy (non-hydrogen) atoms. The molecule has 9 heteroatoms. The first-order valence-electron chi connectivity index (χ1n) is 5.69. The van der Waals surface area contributed by atoms with Crippen LogP contribution in [0.2, 0.25) is 0 Å². The van der Waals surface area contributed by atoms with E-state index in [1.807, 2.05) is 0 Å². The maximum absolute atomic E-state index is 12.1. The van der Waals surface area contributed by atoms with Gasteiger partial charge < -0.3 is 15.0 Å². The van der Waals surface area contributed by atoms with E-state index in [4.69, 9.17) is 10.5 Å². The van der Waals surface area contributed by atoms with Gasteiger partial charge in [-0.05, 0) is 5.56 Å². The molecule has 0 aliphatic carbocycles. The largest absolute Gasteiger partial charge is 0.481 e. The molecule has 8 nitrogen and oxygen atoms in total. The fourth-order valence-electron chi connectivity index (χ4n) is 1.65. The first-order valence-corrected chi connectivity index (χ1v) is 7.17. The summed E-state index contributed by atoms with van der Waals surface area (Å²) in [6.07, 6.45) is 2.88. The number of ether oxygens (including phenoxy) is 1. The Hall–Kier alpha value is -2.13. The van der Waals surface area contributed by atoms with Crippen molar-refractivity contribution in [2.45, 2.75) is 11.6 Å². The highest BCUT2D eigenvalue weighted by atomic mass is 32.2. The Morgan fingerprint density at radius 3 is 2.65 bits per heavy atom. The van der Waals surface area contributed by atoms with Crippen LogP contribution in [0.3, 0.4) is 0 Å². The molecule has 2 aromatic heterocycles. The van der Waals surface area contributed by atoms with Crippen LogP contribution >= 0.6 is 0 Å². The second-order valence-corrected chi connectivity index (χ2v) is 5.76. The van der Waals surface area contributed by atoms with Gasteiger partial charge in [0, 0.05) is 25.9 Å². The molecule has 0 amide bonds. The van der Waals surface area contributed by atoms with E-state index in [9.17, 15) is 8.42 Å². The molecule has 0 aromatic carbocycles. The van der Waals surface area contributed by atoms with Gasteiger partial charge in [0.05, 0.1) is 13.4 Å². The highest BCUT2D eigenvalue weighted by Gasteiger charge is 2.21. The van der Waals surface area contributed by atoms with E-state index in [1.165, 1.54) is 24.2 Å². The molecular weight excluding hydrogens is 282 g/mol. The number of methoxy groups -OCH3 is 1. The number of nitrogens with one attached hydrogen (secondary N) is 1. The molecule has 0 unspecified atom stereocenters. The van der Waals surface area contributed by atoms with Gasteiger partial charge in [0.25, 0.3) is 10.0 Å². The Labute approximate surface area is 116 Å². The lowest BCUT2D eigenvalue weighted by Crippen LogP contribution is -2.26. The number of hydrogen-bond donors (Lipinski definition) is 2. The van der Waals surface area contributed by atoms with E-state index in [2.05, 4.69) is 14.7 Å². The first kappa shape index (κ1) is 14.3. The van der Waals surface area contributed by atoms with Crippen molar-refractivity contribution in [2.75, 3.05) is 12.8 Å². The van der Waals surface area contributed by atoms with Crippen LogP contribution in [-0.4, -0.2) is 30.1 Å². The normalized spacial score (nSPS) is 11.5. The summed E-state index contributed by atoms with van der Waals surface area (Å²) in [5.41, 5.74) is 6.26. The van der Waals surface area contributed by atoms with E-state index >= 15 is 0 Å². The summed E-state index contributed by atoms with van der Waals surface area (Å²) in [6.45, 7) is 0.101. The molecule has 2 heterocycles. The van der Waals surface area contributed by atoms with Gasteiger partial charge in [-0.3, -0.25) is 0 Å². The number of anilines is 1. The number of nitrogen functional groups attached to an aromatic ring is 1. The number of nitrogens with two attached hydrogens (primary N) is 1. The van der Waals surface area contributed by atoms with Crippen LogP contribution in [0.5, 0.6) is 5.88 Å². The number of sulfonamides is 1. The zero-order valence-electron chi connectivity index (χ0n) is 11.1. The zero-order valence-corrected chi connectivity index (χ0v) is 11.9. The van der Waals surface area contributed by atoms with Gasteiger partial charge >= 0.3 is 0 Å². The predicted molar refractivity (Wildman–Crippen MR) is 72.4 cm³/mol. The lowest BCUT2D eigenvalue weighted by atomic mass is 10.3. The molecule has 3 N–H and O–H groups in total. The van der Waals surface area contributed by atoms with Crippen LogP contribution in [0.15, 0.2) is 29.7 Å². The van der Waals surface area contributed by atoms with Crippen molar-refractivity contribution in [1.82, 2.24) is 19.3 Å². The lowest BCUT2D eigenvalue weighted by molar-refractivity contribution is 0.397. The third kappa shape index (κ3) is 2.89. The van der Waals surface area contributed by atoms with Crippen LogP contribution < -0.4 is 15.2 Å². The van der Waals surface area contributed by atoms with Gasteiger partial charge in [0.1, 0.15) is 0 Å². The van der Waals surface area contributed by atoms with Crippen molar-refractivity contribution in [3.8, 4) is 5.88 Å². The molecule has 2 aromatic rings. The summed E-state index contributed by atoms with van der Waals surface area (Å²) >= 11 is 0. The smallest absolute Gasteiger partial charge is 0.260 e. The van der Waals surface area contributed by atoms with Crippen LogP contribution in [-0.2, 0) is 23.6 Å². The molecule has 0 saturated carbocycles. The molecule has 0 radical (unpaired) electrons. The Bertz CT molecular complexity index is 674. The van der Waals surface area contributed by atoms with Crippen LogP contribution in [0, 0.1) is 0 Å². The molecule has 0 bridgehead atoms. The fraction of sp³-hybridized carbons (Fsp3) is 0.273. The third-order valence-corrected chi connectivity index (χ3v) is 4.17. The summed E-state index contributed by atoms with van der Waals surface area (Å²) in [7, 11) is -0.654. The number of aryl methyl sites for hydroxylation is 1. The van der Waals surface area contributed by atoms with Crippen molar-refractivity contribution in [1.29, 1.82) is 0 Å². The van der Waals surface area contributed by atoms with E-state index < -0.39 is 10.0 Å². The van der Waals surface area contributed by atoms with Gasteiger partial charge in [-0.15, -0.1) is 0 Å². The minimum absolute atomic E-state index is 0.0344. The summed E-state index contributed by atoms with van der Waals surface area (Å²) in [5, 5.41) is -0.0565. The number of nitrogens with zero attached hydrogens (tertiary/aromatic N) is 3. The molecule has 0 aliphatic rings. The van der Waals surface area contributed by atoms with Gasteiger partial charge in [0.2, 0.25) is 5.88 Å². The fourth-order valence-corrected chi connectivity index (χ4v) is 2.90. The molecule has 2 rings (SSSR count). The third-order valence-electron chi connectivity index (χ3n) is 2.64. The summed E-state index contributed by atoms with van der Waals surface area (Å²) in [5.74, 6) is 0.431. The number of aromatic nitrogens is 3. The van der Waals surface area contributed by atoms with E-state index in [0.29, 0.717) is 11.4 Å². The van der Waals surface area contributed by atoms with Gasteiger partial charge in [0.15, 0.2) is 10.8 Å². The predicted octanol–water partition coefficient (Wildman–Crippen LogP) is -0.116. The Morgan fingerprint density at radius 1 is 1.40 bits per heavy atom. The number of imidazole rings is 1. The number of hydrogen-bond acceptors (Lipinski definition) is 6. The maximum Gasteiger partial charge on any atom is 0.260 e.